The first kappa shape index (κ1) is 9.87. The fourth-order valence-corrected chi connectivity index (χ4v) is 2.38. The Kier molecular flexibility index (Phi) is 2.42. The maximum Gasteiger partial charge on any atom is 0.226 e. The van der Waals surface area contributed by atoms with Crippen molar-refractivity contribution in [1.82, 2.24) is 0 Å². The molecule has 1 aliphatic heterocycles. The molecule has 1 unspecified atom stereocenters. The maximum absolute atomic E-state index is 5.78. The summed E-state index contributed by atoms with van der Waals surface area (Å²) in [6.07, 6.45) is 0.150. The van der Waals surface area contributed by atoms with Crippen molar-refractivity contribution >= 4 is 11.3 Å². The smallest absolute Gasteiger partial charge is 0.226 e. The first-order valence-corrected chi connectivity index (χ1v) is 6.17. The zero-order chi connectivity index (χ0) is 11.0. The number of hydrogen-bond acceptors (Lipinski definition) is 3. The number of benzene rings is 1. The van der Waals surface area contributed by atoms with E-state index in [-0.39, 0.29) is 12.4 Å². The van der Waals surface area contributed by atoms with Gasteiger partial charge in [-0.25, -0.2) is 0 Å². The van der Waals surface area contributed by atoms with E-state index in [9.17, 15) is 0 Å². The summed E-state index contributed by atoms with van der Waals surface area (Å²) in [6, 6.07) is 12.2. The van der Waals surface area contributed by atoms with Gasteiger partial charge in [0, 0.05) is 10.4 Å². The van der Waals surface area contributed by atoms with Crippen LogP contribution in [0.15, 0.2) is 41.8 Å². The molecule has 0 bridgehead atoms. The second-order valence-corrected chi connectivity index (χ2v) is 4.75. The van der Waals surface area contributed by atoms with Gasteiger partial charge in [-0.05, 0) is 30.5 Å². The Morgan fingerprint density at radius 3 is 2.69 bits per heavy atom. The summed E-state index contributed by atoms with van der Waals surface area (Å²) >= 11 is 1.72. The van der Waals surface area contributed by atoms with Gasteiger partial charge < -0.3 is 9.47 Å². The topological polar surface area (TPSA) is 21.8 Å². The minimum absolute atomic E-state index is 0.0684. The lowest BCUT2D eigenvalue weighted by molar-refractivity contribution is 0.179. The Morgan fingerprint density at radius 1 is 1.19 bits per heavy atom. The second kappa shape index (κ2) is 3.92. The van der Waals surface area contributed by atoms with Gasteiger partial charge in [0.05, 0.1) is 0 Å². The van der Waals surface area contributed by atoms with Crippen LogP contribution in [-0.2, 0) is 4.74 Å². The monoisotopic (exact) mass is 232 g/mol. The Labute approximate surface area is 98.4 Å². The fourth-order valence-electron chi connectivity index (χ4n) is 1.62. The average Bonchev–Trinajstić information content (AvgIpc) is 2.83. The SMILES string of the molecule is C[C@@H]1OC1Oc1ccccc1-c1cccs1. The van der Waals surface area contributed by atoms with Crippen LogP contribution in [0.5, 0.6) is 5.75 Å². The van der Waals surface area contributed by atoms with E-state index in [2.05, 4.69) is 17.5 Å². The standard InChI is InChI=1S/C13H12O2S/c1-9-13(14-9)15-11-6-3-2-5-10(11)12-7-4-8-16-12/h2-9,13H,1H3/t9-,13?/m0/s1. The maximum atomic E-state index is 5.78. The van der Waals surface area contributed by atoms with Gasteiger partial charge in [-0.3, -0.25) is 0 Å². The zero-order valence-corrected chi connectivity index (χ0v) is 9.74. The molecule has 2 atom stereocenters. The van der Waals surface area contributed by atoms with Crippen molar-refractivity contribution in [2.45, 2.75) is 19.3 Å². The molecule has 3 rings (SSSR count). The number of thiophene rings is 1. The molecule has 0 aliphatic carbocycles. The highest BCUT2D eigenvalue weighted by atomic mass is 32.1. The summed E-state index contributed by atoms with van der Waals surface area (Å²) in [5.74, 6) is 0.902. The number of ether oxygens (including phenoxy) is 2. The lowest BCUT2D eigenvalue weighted by Crippen LogP contribution is -2.01. The molecular weight excluding hydrogens is 220 g/mol. The van der Waals surface area contributed by atoms with Crippen LogP contribution in [0.4, 0.5) is 0 Å². The van der Waals surface area contributed by atoms with Gasteiger partial charge in [-0.2, -0.15) is 0 Å². The van der Waals surface area contributed by atoms with Crippen molar-refractivity contribution in [3.8, 4) is 16.2 Å². The third-order valence-electron chi connectivity index (χ3n) is 2.57. The highest BCUT2D eigenvalue weighted by molar-refractivity contribution is 7.13. The van der Waals surface area contributed by atoms with Gasteiger partial charge in [0.25, 0.3) is 0 Å². The van der Waals surface area contributed by atoms with Gasteiger partial charge >= 0.3 is 0 Å². The van der Waals surface area contributed by atoms with E-state index >= 15 is 0 Å². The Balaban J connectivity index is 1.92. The highest BCUT2D eigenvalue weighted by Crippen LogP contribution is 2.36. The lowest BCUT2D eigenvalue weighted by atomic mass is 10.1. The molecule has 0 radical (unpaired) electrons. The van der Waals surface area contributed by atoms with Gasteiger partial charge in [0.2, 0.25) is 6.29 Å². The van der Waals surface area contributed by atoms with E-state index in [1.165, 1.54) is 4.88 Å². The summed E-state index contributed by atoms with van der Waals surface area (Å²) in [5.41, 5.74) is 1.14. The van der Waals surface area contributed by atoms with E-state index < -0.39 is 0 Å². The minimum atomic E-state index is -0.0684. The molecule has 82 valence electrons. The van der Waals surface area contributed by atoms with Crippen molar-refractivity contribution in [1.29, 1.82) is 0 Å². The Hall–Kier alpha value is -1.32. The molecule has 16 heavy (non-hydrogen) atoms. The van der Waals surface area contributed by atoms with Crippen LogP contribution in [0, 0.1) is 0 Å². The molecule has 1 aromatic carbocycles. The van der Waals surface area contributed by atoms with E-state index in [1.54, 1.807) is 11.3 Å². The molecule has 2 aromatic rings. The largest absolute Gasteiger partial charge is 0.461 e. The van der Waals surface area contributed by atoms with Crippen LogP contribution in [0.3, 0.4) is 0 Å². The average molecular weight is 232 g/mol. The molecule has 0 N–H and O–H groups in total. The number of hydrogen-bond donors (Lipinski definition) is 0. The van der Waals surface area contributed by atoms with E-state index in [4.69, 9.17) is 9.47 Å². The molecule has 2 nitrogen and oxygen atoms in total. The van der Waals surface area contributed by atoms with Crippen LogP contribution >= 0.6 is 11.3 Å². The number of epoxide rings is 1. The zero-order valence-electron chi connectivity index (χ0n) is 8.92. The van der Waals surface area contributed by atoms with Crippen LogP contribution in [0.2, 0.25) is 0 Å². The molecule has 0 spiro atoms. The summed E-state index contributed by atoms with van der Waals surface area (Å²) < 4.78 is 11.1. The number of para-hydroxylation sites is 1. The Bertz CT molecular complexity index is 478. The summed E-state index contributed by atoms with van der Waals surface area (Å²) in [4.78, 5) is 1.23. The van der Waals surface area contributed by atoms with Crippen LogP contribution < -0.4 is 4.74 Å². The molecule has 1 fully saturated rings. The van der Waals surface area contributed by atoms with E-state index in [0.29, 0.717) is 0 Å². The molecule has 0 saturated carbocycles. The first-order valence-electron chi connectivity index (χ1n) is 5.29. The summed E-state index contributed by atoms with van der Waals surface area (Å²) in [6.45, 7) is 2.01. The molecule has 1 saturated heterocycles. The first-order chi connectivity index (χ1) is 7.84. The quantitative estimate of drug-likeness (QED) is 0.755. The van der Waals surface area contributed by atoms with Gasteiger partial charge in [0.1, 0.15) is 11.9 Å². The Morgan fingerprint density at radius 2 is 2.00 bits per heavy atom. The second-order valence-electron chi connectivity index (χ2n) is 3.80. The third-order valence-corrected chi connectivity index (χ3v) is 3.48. The molecule has 1 aromatic heterocycles. The predicted molar refractivity (Wildman–Crippen MR) is 64.7 cm³/mol. The van der Waals surface area contributed by atoms with Crippen molar-refractivity contribution in [3.63, 3.8) is 0 Å². The van der Waals surface area contributed by atoms with E-state index in [0.717, 1.165) is 11.3 Å². The van der Waals surface area contributed by atoms with Crippen LogP contribution in [0.25, 0.3) is 10.4 Å². The summed E-state index contributed by atoms with van der Waals surface area (Å²) in [5, 5.41) is 2.07. The molecular formula is C13H12O2S. The van der Waals surface area contributed by atoms with Crippen LogP contribution in [0.1, 0.15) is 6.92 Å². The molecule has 0 amide bonds. The highest BCUT2D eigenvalue weighted by Gasteiger charge is 2.37. The molecule has 1 aliphatic rings. The van der Waals surface area contributed by atoms with Crippen LogP contribution in [-0.4, -0.2) is 12.4 Å². The molecule has 3 heteroatoms. The predicted octanol–water partition coefficient (Wildman–Crippen LogP) is 3.54. The van der Waals surface area contributed by atoms with E-state index in [1.807, 2.05) is 31.2 Å². The minimum Gasteiger partial charge on any atom is -0.461 e. The third kappa shape index (κ3) is 1.84. The van der Waals surface area contributed by atoms with Crippen molar-refractivity contribution in [2.24, 2.45) is 0 Å². The number of rotatable bonds is 3. The van der Waals surface area contributed by atoms with Crippen molar-refractivity contribution in [2.75, 3.05) is 0 Å². The van der Waals surface area contributed by atoms with Gasteiger partial charge in [-0.15, -0.1) is 11.3 Å². The van der Waals surface area contributed by atoms with Gasteiger partial charge in [-0.1, -0.05) is 18.2 Å². The lowest BCUT2D eigenvalue weighted by Gasteiger charge is -2.07. The van der Waals surface area contributed by atoms with Gasteiger partial charge in [0.15, 0.2) is 0 Å². The normalized spacial score (nSPS) is 23.1. The molecule has 2 heterocycles. The summed E-state index contributed by atoms with van der Waals surface area (Å²) in [7, 11) is 0. The van der Waals surface area contributed by atoms with Crippen molar-refractivity contribution < 1.29 is 9.47 Å². The fraction of sp³-hybridized carbons (Fsp3) is 0.231. The van der Waals surface area contributed by atoms with Crippen molar-refractivity contribution in [3.05, 3.63) is 41.8 Å².